The molecule has 0 fully saturated rings. The van der Waals surface area contributed by atoms with Gasteiger partial charge in [0.2, 0.25) is 0 Å². The Balaban J connectivity index is 0.00000225. The maximum Gasteiger partial charge on any atom is 0.0234 e. The Hall–Kier alpha value is -0.610. The van der Waals surface area contributed by atoms with Gasteiger partial charge in [-0.1, -0.05) is 30.3 Å². The number of hydrogen-bond acceptors (Lipinski definition) is 3. The van der Waals surface area contributed by atoms with Gasteiger partial charge in [-0.2, -0.15) is 0 Å². The van der Waals surface area contributed by atoms with Crippen molar-refractivity contribution in [1.82, 2.24) is 4.90 Å². The quantitative estimate of drug-likeness (QED) is 0.790. The van der Waals surface area contributed by atoms with Crippen LogP contribution >= 0.6 is 12.4 Å². The van der Waals surface area contributed by atoms with Gasteiger partial charge in [0.1, 0.15) is 0 Å². The lowest BCUT2D eigenvalue weighted by molar-refractivity contribution is 0.260. The van der Waals surface area contributed by atoms with Crippen LogP contribution in [0.4, 0.5) is 0 Å². The molecular weight excluding hydrogens is 222 g/mol. The second-order valence-corrected chi connectivity index (χ2v) is 3.99. The molecule has 0 aromatic heterocycles. The Morgan fingerprint density at radius 1 is 1.25 bits per heavy atom. The summed E-state index contributed by atoms with van der Waals surface area (Å²) in [6, 6.07) is 10.6. The highest BCUT2D eigenvalue weighted by molar-refractivity contribution is 5.85. The molecule has 1 rings (SSSR count). The fourth-order valence-corrected chi connectivity index (χ4v) is 1.67. The first-order chi connectivity index (χ1) is 7.22. The second kappa shape index (κ2) is 8.53. The van der Waals surface area contributed by atoms with Gasteiger partial charge in [0, 0.05) is 32.2 Å². The smallest absolute Gasteiger partial charge is 0.0234 e. The molecule has 0 aliphatic heterocycles. The molecule has 1 aromatic rings. The standard InChI is InChI=1S/C12H21N3.ClH/c1-11(14)9-15(8-7-13)10-12-5-3-2-4-6-12;/h2-6,11H,7-10,13-14H2,1H3;1H. The molecule has 0 bridgehead atoms. The summed E-state index contributed by atoms with van der Waals surface area (Å²) in [6.07, 6.45) is 0. The third-order valence-electron chi connectivity index (χ3n) is 2.24. The van der Waals surface area contributed by atoms with Gasteiger partial charge in [-0.25, -0.2) is 0 Å². The van der Waals surface area contributed by atoms with Crippen LogP contribution in [0.1, 0.15) is 12.5 Å². The van der Waals surface area contributed by atoms with E-state index >= 15 is 0 Å². The van der Waals surface area contributed by atoms with Crippen molar-refractivity contribution in [3.63, 3.8) is 0 Å². The van der Waals surface area contributed by atoms with Crippen molar-refractivity contribution in [3.8, 4) is 0 Å². The zero-order chi connectivity index (χ0) is 11.1. The van der Waals surface area contributed by atoms with Crippen LogP contribution in [0.25, 0.3) is 0 Å². The van der Waals surface area contributed by atoms with E-state index in [-0.39, 0.29) is 18.4 Å². The van der Waals surface area contributed by atoms with Crippen molar-refractivity contribution in [2.75, 3.05) is 19.6 Å². The van der Waals surface area contributed by atoms with Crippen molar-refractivity contribution in [2.45, 2.75) is 19.5 Å². The van der Waals surface area contributed by atoms with Gasteiger partial charge in [0.05, 0.1) is 0 Å². The summed E-state index contributed by atoms with van der Waals surface area (Å²) in [5.41, 5.74) is 12.7. The van der Waals surface area contributed by atoms with Crippen LogP contribution < -0.4 is 11.5 Å². The highest BCUT2D eigenvalue weighted by Crippen LogP contribution is 2.04. The topological polar surface area (TPSA) is 55.3 Å². The minimum Gasteiger partial charge on any atom is -0.329 e. The molecule has 0 saturated heterocycles. The minimum atomic E-state index is 0. The van der Waals surface area contributed by atoms with Crippen LogP contribution in [0.5, 0.6) is 0 Å². The Kier molecular flexibility index (Phi) is 8.21. The third-order valence-corrected chi connectivity index (χ3v) is 2.24. The van der Waals surface area contributed by atoms with E-state index < -0.39 is 0 Å². The number of halogens is 1. The largest absolute Gasteiger partial charge is 0.329 e. The van der Waals surface area contributed by atoms with Gasteiger partial charge in [0.15, 0.2) is 0 Å². The first-order valence-electron chi connectivity index (χ1n) is 5.44. The van der Waals surface area contributed by atoms with E-state index in [1.54, 1.807) is 0 Å². The molecule has 4 N–H and O–H groups in total. The Bertz CT molecular complexity index is 264. The van der Waals surface area contributed by atoms with E-state index in [4.69, 9.17) is 11.5 Å². The first-order valence-corrected chi connectivity index (χ1v) is 5.44. The van der Waals surface area contributed by atoms with Gasteiger partial charge in [-0.3, -0.25) is 4.90 Å². The summed E-state index contributed by atoms with van der Waals surface area (Å²) in [5, 5.41) is 0. The molecular formula is C12H22ClN3. The average Bonchev–Trinajstić information content (AvgIpc) is 2.18. The van der Waals surface area contributed by atoms with E-state index in [0.717, 1.165) is 19.6 Å². The molecule has 0 saturated carbocycles. The molecule has 1 unspecified atom stereocenters. The van der Waals surface area contributed by atoms with E-state index in [0.29, 0.717) is 6.54 Å². The number of rotatable bonds is 6. The van der Waals surface area contributed by atoms with Crippen LogP contribution in [-0.2, 0) is 6.54 Å². The molecule has 0 amide bonds. The number of nitrogens with two attached hydrogens (primary N) is 2. The van der Waals surface area contributed by atoms with E-state index in [9.17, 15) is 0 Å². The summed E-state index contributed by atoms with van der Waals surface area (Å²) < 4.78 is 0. The van der Waals surface area contributed by atoms with Crippen LogP contribution in [0.15, 0.2) is 30.3 Å². The number of benzene rings is 1. The number of hydrogen-bond donors (Lipinski definition) is 2. The van der Waals surface area contributed by atoms with Crippen LogP contribution in [0.2, 0.25) is 0 Å². The van der Waals surface area contributed by atoms with Crippen LogP contribution in [0, 0.1) is 0 Å². The molecule has 1 aromatic carbocycles. The molecule has 3 nitrogen and oxygen atoms in total. The molecule has 0 heterocycles. The Morgan fingerprint density at radius 2 is 1.88 bits per heavy atom. The summed E-state index contributed by atoms with van der Waals surface area (Å²) >= 11 is 0. The monoisotopic (exact) mass is 243 g/mol. The van der Waals surface area contributed by atoms with E-state index in [2.05, 4.69) is 29.2 Å². The van der Waals surface area contributed by atoms with Gasteiger partial charge in [0.25, 0.3) is 0 Å². The lowest BCUT2D eigenvalue weighted by Crippen LogP contribution is -2.38. The molecule has 1 atom stereocenters. The van der Waals surface area contributed by atoms with Crippen molar-refractivity contribution >= 4 is 12.4 Å². The Labute approximate surface area is 104 Å². The molecule has 4 heteroatoms. The first kappa shape index (κ1) is 15.4. The van der Waals surface area contributed by atoms with Crippen LogP contribution in [0.3, 0.4) is 0 Å². The van der Waals surface area contributed by atoms with E-state index in [1.165, 1.54) is 5.56 Å². The second-order valence-electron chi connectivity index (χ2n) is 3.99. The summed E-state index contributed by atoms with van der Waals surface area (Å²) in [5.74, 6) is 0. The molecule has 0 spiro atoms. The zero-order valence-corrected chi connectivity index (χ0v) is 10.6. The predicted octanol–water partition coefficient (Wildman–Crippen LogP) is 1.22. The highest BCUT2D eigenvalue weighted by atomic mass is 35.5. The normalized spacial score (nSPS) is 12.2. The van der Waals surface area contributed by atoms with Crippen molar-refractivity contribution < 1.29 is 0 Å². The summed E-state index contributed by atoms with van der Waals surface area (Å²) in [4.78, 5) is 2.29. The minimum absolute atomic E-state index is 0. The van der Waals surface area contributed by atoms with Gasteiger partial charge in [-0.15, -0.1) is 12.4 Å². The summed E-state index contributed by atoms with van der Waals surface area (Å²) in [7, 11) is 0. The van der Waals surface area contributed by atoms with Gasteiger partial charge >= 0.3 is 0 Å². The molecule has 16 heavy (non-hydrogen) atoms. The molecule has 92 valence electrons. The fraction of sp³-hybridized carbons (Fsp3) is 0.500. The van der Waals surface area contributed by atoms with E-state index in [1.807, 2.05) is 13.0 Å². The Morgan fingerprint density at radius 3 is 2.38 bits per heavy atom. The van der Waals surface area contributed by atoms with Crippen LogP contribution in [-0.4, -0.2) is 30.6 Å². The molecule has 0 aliphatic carbocycles. The third kappa shape index (κ3) is 6.08. The number of nitrogens with zero attached hydrogens (tertiary/aromatic N) is 1. The SMILES string of the molecule is CC(N)CN(CCN)Cc1ccccc1.Cl. The zero-order valence-electron chi connectivity index (χ0n) is 9.80. The van der Waals surface area contributed by atoms with Crippen molar-refractivity contribution in [1.29, 1.82) is 0 Å². The lowest BCUT2D eigenvalue weighted by atomic mass is 10.2. The maximum absolute atomic E-state index is 5.79. The van der Waals surface area contributed by atoms with Gasteiger partial charge in [-0.05, 0) is 12.5 Å². The predicted molar refractivity (Wildman–Crippen MR) is 71.7 cm³/mol. The average molecular weight is 244 g/mol. The maximum atomic E-state index is 5.79. The molecule has 0 aliphatic rings. The lowest BCUT2D eigenvalue weighted by Gasteiger charge is -2.23. The summed E-state index contributed by atoms with van der Waals surface area (Å²) in [6.45, 7) is 5.43. The molecule has 0 radical (unpaired) electrons. The fourth-order valence-electron chi connectivity index (χ4n) is 1.67. The van der Waals surface area contributed by atoms with Gasteiger partial charge < -0.3 is 11.5 Å². The van der Waals surface area contributed by atoms with Crippen molar-refractivity contribution in [3.05, 3.63) is 35.9 Å². The van der Waals surface area contributed by atoms with Crippen molar-refractivity contribution in [2.24, 2.45) is 11.5 Å². The highest BCUT2D eigenvalue weighted by Gasteiger charge is 2.06.